The second-order valence-corrected chi connectivity index (χ2v) is 7.45. The van der Waals surface area contributed by atoms with Crippen molar-refractivity contribution in [2.45, 2.75) is 12.5 Å². The molecule has 0 bridgehead atoms. The number of aromatic nitrogens is 2. The highest BCUT2D eigenvalue weighted by Crippen LogP contribution is 2.22. The van der Waals surface area contributed by atoms with Gasteiger partial charge in [-0.3, -0.25) is 4.79 Å². The Kier molecular flexibility index (Phi) is 5.05. The van der Waals surface area contributed by atoms with Gasteiger partial charge < -0.3 is 20.4 Å². The molecule has 7 nitrogen and oxygen atoms in total. The minimum atomic E-state index is 0.0341. The second-order valence-electron chi connectivity index (χ2n) is 7.45. The summed E-state index contributed by atoms with van der Waals surface area (Å²) in [5.74, 6) is 0.942. The molecule has 2 aliphatic heterocycles. The summed E-state index contributed by atoms with van der Waals surface area (Å²) >= 11 is 0. The van der Waals surface area contributed by atoms with Crippen molar-refractivity contribution >= 4 is 11.7 Å². The van der Waals surface area contributed by atoms with E-state index in [1.165, 1.54) is 0 Å². The van der Waals surface area contributed by atoms with Gasteiger partial charge in [-0.1, -0.05) is 12.1 Å². The van der Waals surface area contributed by atoms with Crippen LogP contribution in [0.3, 0.4) is 0 Å². The van der Waals surface area contributed by atoms with Crippen LogP contribution in [-0.2, 0) is 0 Å². The highest BCUT2D eigenvalue weighted by molar-refractivity contribution is 5.95. The fraction of sp³-hybridized carbons (Fsp3) is 0.450. The highest BCUT2D eigenvalue weighted by Gasteiger charge is 2.24. The molecule has 1 atom stereocenters. The second kappa shape index (κ2) is 7.62. The Morgan fingerprint density at radius 3 is 2.56 bits per heavy atom. The van der Waals surface area contributed by atoms with Gasteiger partial charge in [-0.25, -0.2) is 0 Å². The molecular formula is C20H26N6O. The molecule has 7 heteroatoms. The summed E-state index contributed by atoms with van der Waals surface area (Å²) in [6, 6.07) is 11.7. The number of rotatable bonds is 3. The van der Waals surface area contributed by atoms with Crippen LogP contribution >= 0.6 is 0 Å². The predicted octanol–water partition coefficient (Wildman–Crippen LogP) is 1.07. The quantitative estimate of drug-likeness (QED) is 0.875. The van der Waals surface area contributed by atoms with Gasteiger partial charge in [0, 0.05) is 56.4 Å². The zero-order valence-electron chi connectivity index (χ0n) is 15.7. The van der Waals surface area contributed by atoms with E-state index in [2.05, 4.69) is 27.0 Å². The molecule has 0 radical (unpaired) electrons. The summed E-state index contributed by atoms with van der Waals surface area (Å²) < 4.78 is 0. The normalized spacial score (nSPS) is 20.9. The van der Waals surface area contributed by atoms with Gasteiger partial charge in [0.2, 0.25) is 0 Å². The largest absolute Gasteiger partial charge is 0.353 e. The summed E-state index contributed by atoms with van der Waals surface area (Å²) in [4.78, 5) is 19.1. The number of amides is 1. The van der Waals surface area contributed by atoms with E-state index >= 15 is 0 Å². The molecule has 1 aromatic carbocycles. The average Bonchev–Trinajstić information content (AvgIpc) is 3.14. The lowest BCUT2D eigenvalue weighted by molar-refractivity contribution is 0.0791. The van der Waals surface area contributed by atoms with E-state index in [1.807, 2.05) is 41.3 Å². The van der Waals surface area contributed by atoms with Gasteiger partial charge in [-0.15, -0.1) is 10.2 Å². The third kappa shape index (κ3) is 3.94. The van der Waals surface area contributed by atoms with Gasteiger partial charge >= 0.3 is 0 Å². The molecule has 2 aromatic rings. The summed E-state index contributed by atoms with van der Waals surface area (Å²) in [6.07, 6.45) is 0.866. The van der Waals surface area contributed by atoms with Crippen molar-refractivity contribution in [3.8, 4) is 11.3 Å². The van der Waals surface area contributed by atoms with Crippen molar-refractivity contribution in [2.75, 3.05) is 51.2 Å². The van der Waals surface area contributed by atoms with Crippen molar-refractivity contribution in [1.29, 1.82) is 0 Å². The fourth-order valence-corrected chi connectivity index (χ4v) is 3.65. The van der Waals surface area contributed by atoms with Crippen molar-refractivity contribution in [3.05, 3.63) is 42.0 Å². The van der Waals surface area contributed by atoms with Crippen LogP contribution < -0.4 is 10.6 Å². The molecule has 4 rings (SSSR count). The first-order valence-corrected chi connectivity index (χ1v) is 9.53. The van der Waals surface area contributed by atoms with Gasteiger partial charge in [-0.05, 0) is 37.7 Å². The number of hydrogen-bond acceptors (Lipinski definition) is 6. The van der Waals surface area contributed by atoms with Crippen LogP contribution in [0, 0.1) is 0 Å². The molecule has 0 saturated carbocycles. The van der Waals surface area contributed by atoms with E-state index in [0.29, 0.717) is 12.1 Å². The SMILES string of the molecule is CN1CCN(c2ccc(-c3cccc(C(=O)N4CC[C@@H](N)C4)c3)nn2)CC1. The summed E-state index contributed by atoms with van der Waals surface area (Å²) in [6.45, 7) is 5.35. The molecule has 0 aliphatic carbocycles. The summed E-state index contributed by atoms with van der Waals surface area (Å²) in [5, 5.41) is 8.81. The molecule has 2 N–H and O–H groups in total. The Morgan fingerprint density at radius 2 is 1.89 bits per heavy atom. The molecule has 0 spiro atoms. The monoisotopic (exact) mass is 366 g/mol. The van der Waals surface area contributed by atoms with Crippen LogP contribution in [0.25, 0.3) is 11.3 Å². The Morgan fingerprint density at radius 1 is 1.07 bits per heavy atom. The van der Waals surface area contributed by atoms with Gasteiger partial charge in [0.25, 0.3) is 5.91 Å². The maximum atomic E-state index is 12.7. The number of piperazine rings is 1. The molecule has 3 heterocycles. The van der Waals surface area contributed by atoms with Crippen molar-refractivity contribution in [3.63, 3.8) is 0 Å². The van der Waals surface area contributed by atoms with Crippen LogP contribution in [0.2, 0.25) is 0 Å². The molecule has 0 unspecified atom stereocenters. The third-order valence-electron chi connectivity index (χ3n) is 5.39. The number of nitrogens with two attached hydrogens (primary N) is 1. The first-order chi connectivity index (χ1) is 13.1. The maximum Gasteiger partial charge on any atom is 0.253 e. The molecule has 2 aliphatic rings. The highest BCUT2D eigenvalue weighted by atomic mass is 16.2. The number of anilines is 1. The number of carbonyl (C=O) groups is 1. The minimum absolute atomic E-state index is 0.0341. The van der Waals surface area contributed by atoms with E-state index in [-0.39, 0.29) is 11.9 Å². The number of hydrogen-bond donors (Lipinski definition) is 1. The molecular weight excluding hydrogens is 340 g/mol. The number of likely N-dealkylation sites (N-methyl/N-ethyl adjacent to an activating group) is 1. The molecule has 27 heavy (non-hydrogen) atoms. The van der Waals surface area contributed by atoms with Crippen molar-refractivity contribution in [1.82, 2.24) is 20.0 Å². The van der Waals surface area contributed by atoms with Crippen LogP contribution in [0.4, 0.5) is 5.82 Å². The Bertz CT molecular complexity index is 800. The lowest BCUT2D eigenvalue weighted by Gasteiger charge is -2.32. The molecule has 142 valence electrons. The summed E-state index contributed by atoms with van der Waals surface area (Å²) in [5.41, 5.74) is 8.28. The van der Waals surface area contributed by atoms with Gasteiger partial charge in [0.15, 0.2) is 5.82 Å². The smallest absolute Gasteiger partial charge is 0.253 e. The molecule has 2 saturated heterocycles. The van der Waals surface area contributed by atoms with E-state index in [4.69, 9.17) is 5.73 Å². The van der Waals surface area contributed by atoms with Gasteiger partial charge in [0.1, 0.15) is 0 Å². The van der Waals surface area contributed by atoms with E-state index in [9.17, 15) is 4.79 Å². The van der Waals surface area contributed by atoms with Crippen LogP contribution in [0.15, 0.2) is 36.4 Å². The van der Waals surface area contributed by atoms with Gasteiger partial charge in [0.05, 0.1) is 5.69 Å². The first-order valence-electron chi connectivity index (χ1n) is 9.53. The number of benzene rings is 1. The first kappa shape index (κ1) is 17.9. The zero-order valence-corrected chi connectivity index (χ0v) is 15.7. The topological polar surface area (TPSA) is 78.6 Å². The predicted molar refractivity (Wildman–Crippen MR) is 106 cm³/mol. The zero-order chi connectivity index (χ0) is 18.8. The molecule has 1 amide bonds. The van der Waals surface area contributed by atoms with Crippen LogP contribution in [-0.4, -0.2) is 78.3 Å². The number of likely N-dealkylation sites (tertiary alicyclic amines) is 1. The lowest BCUT2D eigenvalue weighted by Crippen LogP contribution is -2.44. The van der Waals surface area contributed by atoms with E-state index in [1.54, 1.807) is 0 Å². The number of nitrogens with zero attached hydrogens (tertiary/aromatic N) is 5. The average molecular weight is 366 g/mol. The molecule has 1 aromatic heterocycles. The van der Waals surface area contributed by atoms with Gasteiger partial charge in [-0.2, -0.15) is 0 Å². The maximum absolute atomic E-state index is 12.7. The van der Waals surface area contributed by atoms with Crippen molar-refractivity contribution < 1.29 is 4.79 Å². The third-order valence-corrected chi connectivity index (χ3v) is 5.39. The van der Waals surface area contributed by atoms with E-state index < -0.39 is 0 Å². The Balaban J connectivity index is 1.49. The lowest BCUT2D eigenvalue weighted by atomic mass is 10.1. The van der Waals surface area contributed by atoms with Crippen molar-refractivity contribution in [2.24, 2.45) is 5.73 Å². The minimum Gasteiger partial charge on any atom is -0.353 e. The van der Waals surface area contributed by atoms with E-state index in [0.717, 1.165) is 56.2 Å². The molecule has 2 fully saturated rings. The van der Waals surface area contributed by atoms with Crippen LogP contribution in [0.5, 0.6) is 0 Å². The Labute approximate surface area is 159 Å². The van der Waals surface area contributed by atoms with Crippen LogP contribution in [0.1, 0.15) is 16.8 Å². The standard InChI is InChI=1S/C20H26N6O/c1-24-9-11-25(12-10-24)19-6-5-18(22-23-19)15-3-2-4-16(13-15)20(27)26-8-7-17(21)14-26/h2-6,13,17H,7-12,14,21H2,1H3/t17-/m1/s1. The fourth-order valence-electron chi connectivity index (χ4n) is 3.65. The summed E-state index contributed by atoms with van der Waals surface area (Å²) in [7, 11) is 2.14. The Hall–Kier alpha value is -2.51. The number of carbonyl (C=O) groups excluding carboxylic acids is 1.